The molecule has 0 spiro atoms. The van der Waals surface area contributed by atoms with E-state index in [1.807, 2.05) is 31.2 Å². The first-order chi connectivity index (χ1) is 12.6. The molecule has 0 aliphatic carbocycles. The number of benzene rings is 2. The van der Waals surface area contributed by atoms with E-state index in [9.17, 15) is 9.59 Å². The van der Waals surface area contributed by atoms with Gasteiger partial charge in [-0.15, -0.1) is 6.58 Å². The van der Waals surface area contributed by atoms with Gasteiger partial charge in [-0.25, -0.2) is 4.79 Å². The van der Waals surface area contributed by atoms with Crippen LogP contribution in [0.3, 0.4) is 0 Å². The lowest BCUT2D eigenvalue weighted by molar-refractivity contribution is 0.0998. The number of carbonyl (C=O) groups excluding carboxylic acids is 2. The van der Waals surface area contributed by atoms with Crippen LogP contribution in [0.2, 0.25) is 0 Å². The zero-order chi connectivity index (χ0) is 18.5. The molecule has 26 heavy (non-hydrogen) atoms. The lowest BCUT2D eigenvalue weighted by atomic mass is 10.1. The molecule has 0 radical (unpaired) electrons. The largest absolute Gasteiger partial charge is 0.451 e. The van der Waals surface area contributed by atoms with Crippen LogP contribution in [-0.2, 0) is 0 Å². The lowest BCUT2D eigenvalue weighted by Crippen LogP contribution is -2.28. The number of fused-ring (bicyclic) bond motifs is 1. The van der Waals surface area contributed by atoms with E-state index >= 15 is 0 Å². The number of aryl methyl sites for hydroxylation is 1. The summed E-state index contributed by atoms with van der Waals surface area (Å²) in [7, 11) is 0. The summed E-state index contributed by atoms with van der Waals surface area (Å²) in [6.45, 7) is 5.78. The van der Waals surface area contributed by atoms with Crippen LogP contribution in [0, 0.1) is 6.92 Å². The Labute approximate surface area is 150 Å². The zero-order valence-corrected chi connectivity index (χ0v) is 14.3. The van der Waals surface area contributed by atoms with Gasteiger partial charge in [-0.3, -0.25) is 4.79 Å². The van der Waals surface area contributed by atoms with E-state index in [0.717, 1.165) is 10.9 Å². The predicted molar refractivity (Wildman–Crippen MR) is 103 cm³/mol. The van der Waals surface area contributed by atoms with E-state index in [-0.39, 0.29) is 17.7 Å². The van der Waals surface area contributed by atoms with Crippen molar-refractivity contribution >= 4 is 34.3 Å². The molecule has 0 aliphatic heterocycles. The third-order valence-corrected chi connectivity index (χ3v) is 3.86. The van der Waals surface area contributed by atoms with Gasteiger partial charge in [0.15, 0.2) is 5.76 Å². The van der Waals surface area contributed by atoms with Gasteiger partial charge in [0.1, 0.15) is 5.58 Å². The van der Waals surface area contributed by atoms with Crippen LogP contribution < -0.4 is 16.0 Å². The van der Waals surface area contributed by atoms with Gasteiger partial charge in [-0.05, 0) is 37.3 Å². The van der Waals surface area contributed by atoms with Crippen molar-refractivity contribution < 1.29 is 14.0 Å². The summed E-state index contributed by atoms with van der Waals surface area (Å²) in [6.07, 6.45) is 1.60. The highest BCUT2D eigenvalue weighted by Crippen LogP contribution is 2.25. The highest BCUT2D eigenvalue weighted by atomic mass is 16.3. The van der Waals surface area contributed by atoms with E-state index in [1.54, 1.807) is 30.3 Å². The molecule has 3 rings (SSSR count). The summed E-state index contributed by atoms with van der Waals surface area (Å²) in [5.74, 6) is -0.0275. The molecule has 3 amide bonds. The summed E-state index contributed by atoms with van der Waals surface area (Å²) in [6, 6.07) is 14.0. The molecule has 6 nitrogen and oxygen atoms in total. The smallest absolute Gasteiger partial charge is 0.319 e. The number of anilines is 2. The van der Waals surface area contributed by atoms with Gasteiger partial charge in [0, 0.05) is 28.9 Å². The second kappa shape index (κ2) is 7.57. The van der Waals surface area contributed by atoms with E-state index < -0.39 is 0 Å². The molecule has 132 valence electrons. The van der Waals surface area contributed by atoms with Gasteiger partial charge in [0.25, 0.3) is 5.91 Å². The van der Waals surface area contributed by atoms with Crippen LogP contribution in [0.5, 0.6) is 0 Å². The number of para-hydroxylation sites is 1. The molecular weight excluding hydrogens is 330 g/mol. The summed E-state index contributed by atoms with van der Waals surface area (Å²) < 4.78 is 5.66. The Morgan fingerprint density at radius 1 is 1.04 bits per heavy atom. The van der Waals surface area contributed by atoms with Gasteiger partial charge < -0.3 is 20.4 Å². The highest BCUT2D eigenvalue weighted by molar-refractivity contribution is 6.06. The Balaban J connectivity index is 1.68. The summed E-state index contributed by atoms with van der Waals surface area (Å²) in [5.41, 5.74) is 2.70. The fourth-order valence-corrected chi connectivity index (χ4v) is 2.56. The number of hydrogen-bond donors (Lipinski definition) is 3. The predicted octanol–water partition coefficient (Wildman–Crippen LogP) is 4.30. The number of urea groups is 1. The van der Waals surface area contributed by atoms with Gasteiger partial charge in [-0.1, -0.05) is 24.3 Å². The van der Waals surface area contributed by atoms with Crippen molar-refractivity contribution in [3.05, 3.63) is 72.5 Å². The molecule has 2 aromatic carbocycles. The van der Waals surface area contributed by atoms with Crippen molar-refractivity contribution in [1.82, 2.24) is 5.32 Å². The average molecular weight is 349 g/mol. The number of furan rings is 1. The molecule has 0 fully saturated rings. The molecule has 3 aromatic rings. The number of amides is 3. The van der Waals surface area contributed by atoms with Crippen molar-refractivity contribution in [2.24, 2.45) is 0 Å². The van der Waals surface area contributed by atoms with Crippen LogP contribution in [0.15, 0.2) is 65.6 Å². The monoisotopic (exact) mass is 349 g/mol. The molecular formula is C20H19N3O3. The van der Waals surface area contributed by atoms with Gasteiger partial charge in [0.2, 0.25) is 0 Å². The standard InChI is InChI=1S/C20H19N3O3/c1-3-12-21-20(25)23-15-10-8-14(9-11-15)22-19(24)18-13(2)16-6-4-5-7-17(16)26-18/h3-11H,1,12H2,2H3,(H,22,24)(H2,21,23,25). The number of rotatable bonds is 5. The minimum absolute atomic E-state index is 0.289. The molecule has 1 aromatic heterocycles. The summed E-state index contributed by atoms with van der Waals surface area (Å²) in [4.78, 5) is 24.1. The van der Waals surface area contributed by atoms with E-state index in [1.165, 1.54) is 0 Å². The maximum atomic E-state index is 12.5. The quantitative estimate of drug-likeness (QED) is 0.601. The Kier molecular flexibility index (Phi) is 5.03. The Morgan fingerprint density at radius 3 is 2.35 bits per heavy atom. The van der Waals surface area contributed by atoms with Crippen LogP contribution in [0.1, 0.15) is 16.1 Å². The number of nitrogens with one attached hydrogen (secondary N) is 3. The molecule has 6 heteroatoms. The first-order valence-corrected chi connectivity index (χ1v) is 8.14. The second-order valence-electron chi connectivity index (χ2n) is 5.71. The van der Waals surface area contributed by atoms with Crippen LogP contribution in [0.4, 0.5) is 16.2 Å². The summed E-state index contributed by atoms with van der Waals surface area (Å²) >= 11 is 0. The van der Waals surface area contributed by atoms with Crippen molar-refractivity contribution in [2.45, 2.75) is 6.92 Å². The third-order valence-electron chi connectivity index (χ3n) is 3.86. The minimum atomic E-state index is -0.320. The van der Waals surface area contributed by atoms with Crippen LogP contribution in [-0.4, -0.2) is 18.5 Å². The molecule has 0 unspecified atom stereocenters. The van der Waals surface area contributed by atoms with Gasteiger partial charge in [0.05, 0.1) is 0 Å². The fraction of sp³-hybridized carbons (Fsp3) is 0.100. The van der Waals surface area contributed by atoms with E-state index in [2.05, 4.69) is 22.5 Å². The highest BCUT2D eigenvalue weighted by Gasteiger charge is 2.17. The maximum Gasteiger partial charge on any atom is 0.319 e. The first kappa shape index (κ1) is 17.3. The number of carbonyl (C=O) groups is 2. The molecule has 0 saturated carbocycles. The van der Waals surface area contributed by atoms with Gasteiger partial charge in [-0.2, -0.15) is 0 Å². The average Bonchev–Trinajstić information content (AvgIpc) is 2.99. The fourth-order valence-electron chi connectivity index (χ4n) is 2.56. The van der Waals surface area contributed by atoms with E-state index in [4.69, 9.17) is 4.42 Å². The molecule has 0 saturated heterocycles. The molecule has 0 atom stereocenters. The zero-order valence-electron chi connectivity index (χ0n) is 14.3. The lowest BCUT2D eigenvalue weighted by Gasteiger charge is -2.08. The van der Waals surface area contributed by atoms with Crippen molar-refractivity contribution in [1.29, 1.82) is 0 Å². The third kappa shape index (κ3) is 3.75. The van der Waals surface area contributed by atoms with E-state index in [0.29, 0.717) is 23.5 Å². The van der Waals surface area contributed by atoms with Crippen molar-refractivity contribution in [3.8, 4) is 0 Å². The Hall–Kier alpha value is -3.54. The summed E-state index contributed by atoms with van der Waals surface area (Å²) in [5, 5.41) is 9.02. The molecule has 1 heterocycles. The van der Waals surface area contributed by atoms with Crippen LogP contribution in [0.25, 0.3) is 11.0 Å². The Bertz CT molecular complexity index is 958. The van der Waals surface area contributed by atoms with Crippen molar-refractivity contribution in [3.63, 3.8) is 0 Å². The molecule has 0 bridgehead atoms. The van der Waals surface area contributed by atoms with Crippen LogP contribution >= 0.6 is 0 Å². The molecule has 3 N–H and O–H groups in total. The normalized spacial score (nSPS) is 10.3. The maximum absolute atomic E-state index is 12.5. The Morgan fingerprint density at radius 2 is 1.69 bits per heavy atom. The minimum Gasteiger partial charge on any atom is -0.451 e. The SMILES string of the molecule is C=CCNC(=O)Nc1ccc(NC(=O)c2oc3ccccc3c2C)cc1. The number of hydrogen-bond acceptors (Lipinski definition) is 3. The second-order valence-corrected chi connectivity index (χ2v) is 5.71. The van der Waals surface area contributed by atoms with Gasteiger partial charge >= 0.3 is 6.03 Å². The van der Waals surface area contributed by atoms with Crippen molar-refractivity contribution in [2.75, 3.05) is 17.2 Å². The topological polar surface area (TPSA) is 83.4 Å². The molecule has 0 aliphatic rings. The first-order valence-electron chi connectivity index (χ1n) is 8.14.